The molecule has 148 valence electrons. The van der Waals surface area contributed by atoms with Crippen molar-refractivity contribution in [1.82, 2.24) is 10.5 Å². The van der Waals surface area contributed by atoms with Crippen LogP contribution in [0.3, 0.4) is 0 Å². The number of aromatic nitrogens is 1. The number of hydrogen-bond donors (Lipinski definition) is 2. The Bertz CT molecular complexity index is 1330. The van der Waals surface area contributed by atoms with E-state index >= 15 is 0 Å². The molecule has 0 bridgehead atoms. The molecular formula is C24H16Br2N2O2. The van der Waals surface area contributed by atoms with Gasteiger partial charge >= 0.3 is 0 Å². The summed E-state index contributed by atoms with van der Waals surface area (Å²) in [6, 6.07) is 23.7. The lowest BCUT2D eigenvalue weighted by Gasteiger charge is -2.14. The van der Waals surface area contributed by atoms with Crippen molar-refractivity contribution in [3.63, 3.8) is 0 Å². The van der Waals surface area contributed by atoms with Gasteiger partial charge in [0.15, 0.2) is 0 Å². The number of benzene rings is 3. The fourth-order valence-electron chi connectivity index (χ4n) is 3.72. The van der Waals surface area contributed by atoms with E-state index < -0.39 is 0 Å². The molecule has 3 aromatic carbocycles. The van der Waals surface area contributed by atoms with Crippen molar-refractivity contribution in [2.75, 3.05) is 0 Å². The topological polar surface area (TPSA) is 54.1 Å². The summed E-state index contributed by atoms with van der Waals surface area (Å²) in [6.07, 6.45) is 1.67. The third-order valence-electron chi connectivity index (χ3n) is 5.12. The Morgan fingerprint density at radius 2 is 1.57 bits per heavy atom. The highest BCUT2D eigenvalue weighted by molar-refractivity contribution is 9.10. The highest BCUT2D eigenvalue weighted by atomic mass is 79.9. The SMILES string of the molecule is O=c1[nH]c2ccc(Br)cc2c(-c2ccccc2)c1C1=C[C@H](c2ccc(Br)cc2)ON1. The third kappa shape index (κ3) is 3.51. The number of H-pyrrole nitrogens is 1. The van der Waals surface area contributed by atoms with Gasteiger partial charge < -0.3 is 4.98 Å². The van der Waals surface area contributed by atoms with Gasteiger partial charge in [0.1, 0.15) is 6.10 Å². The van der Waals surface area contributed by atoms with Crippen molar-refractivity contribution in [3.8, 4) is 11.1 Å². The Kier molecular flexibility index (Phi) is 5.06. The second-order valence-corrected chi connectivity index (χ2v) is 8.86. The summed E-state index contributed by atoms with van der Waals surface area (Å²) >= 11 is 7.02. The first-order chi connectivity index (χ1) is 14.6. The molecule has 6 heteroatoms. The number of hydrogen-bond acceptors (Lipinski definition) is 3. The standard InChI is InChI=1S/C24H16Br2N2O2/c25-16-8-6-14(7-9-16)21-13-20(28-30-21)23-22(15-4-2-1-3-5-15)18-12-17(26)10-11-19(18)27-24(23)29/h1-13,21,28H,(H,27,29)/t21-/m1/s1. The maximum Gasteiger partial charge on any atom is 0.258 e. The molecule has 2 N–H and O–H groups in total. The van der Waals surface area contributed by atoms with E-state index in [0.717, 1.165) is 36.5 Å². The first-order valence-electron chi connectivity index (χ1n) is 9.40. The normalized spacial score (nSPS) is 15.8. The van der Waals surface area contributed by atoms with Crippen LogP contribution in [0.1, 0.15) is 17.2 Å². The molecule has 0 radical (unpaired) electrons. The third-order valence-corrected chi connectivity index (χ3v) is 6.14. The number of rotatable bonds is 3. The monoisotopic (exact) mass is 522 g/mol. The zero-order valence-corrected chi connectivity index (χ0v) is 18.8. The first kappa shape index (κ1) is 19.3. The quantitative estimate of drug-likeness (QED) is 0.329. The zero-order chi connectivity index (χ0) is 20.7. The molecule has 0 spiro atoms. The predicted octanol–water partition coefficient (Wildman–Crippen LogP) is 6.34. The molecule has 1 atom stereocenters. The number of halogens is 2. The van der Waals surface area contributed by atoms with Gasteiger partial charge in [-0.2, -0.15) is 0 Å². The van der Waals surface area contributed by atoms with Crippen LogP contribution in [-0.4, -0.2) is 4.98 Å². The van der Waals surface area contributed by atoms with Gasteiger partial charge in [0.2, 0.25) is 0 Å². The molecule has 5 rings (SSSR count). The molecule has 0 aliphatic carbocycles. The minimum Gasteiger partial charge on any atom is -0.321 e. The van der Waals surface area contributed by atoms with Gasteiger partial charge in [-0.3, -0.25) is 15.1 Å². The zero-order valence-electron chi connectivity index (χ0n) is 15.7. The average Bonchev–Trinajstić information content (AvgIpc) is 3.24. The van der Waals surface area contributed by atoms with Gasteiger partial charge in [-0.25, -0.2) is 0 Å². The molecule has 30 heavy (non-hydrogen) atoms. The van der Waals surface area contributed by atoms with Crippen molar-refractivity contribution in [2.24, 2.45) is 0 Å². The summed E-state index contributed by atoms with van der Waals surface area (Å²) in [5.41, 5.74) is 7.67. The number of hydroxylamine groups is 1. The summed E-state index contributed by atoms with van der Waals surface area (Å²) in [5, 5.41) is 0.958. The van der Waals surface area contributed by atoms with Crippen LogP contribution >= 0.6 is 31.9 Å². The molecule has 0 fully saturated rings. The minimum absolute atomic E-state index is 0.164. The van der Waals surface area contributed by atoms with E-state index in [1.807, 2.05) is 78.9 Å². The van der Waals surface area contributed by atoms with Crippen LogP contribution in [0.4, 0.5) is 0 Å². The number of fused-ring (bicyclic) bond motifs is 1. The highest BCUT2D eigenvalue weighted by Crippen LogP contribution is 2.36. The average molecular weight is 524 g/mol. The van der Waals surface area contributed by atoms with Crippen LogP contribution in [0.15, 0.2) is 92.6 Å². The number of aromatic amines is 1. The molecule has 2 heterocycles. The van der Waals surface area contributed by atoms with E-state index in [0.29, 0.717) is 11.3 Å². The van der Waals surface area contributed by atoms with E-state index in [-0.39, 0.29) is 11.7 Å². The fraction of sp³-hybridized carbons (Fsp3) is 0.0417. The van der Waals surface area contributed by atoms with Crippen LogP contribution in [0.5, 0.6) is 0 Å². The molecule has 0 saturated heterocycles. The van der Waals surface area contributed by atoms with Gasteiger partial charge in [-0.05, 0) is 47.5 Å². The lowest BCUT2D eigenvalue weighted by molar-refractivity contribution is 0.0511. The van der Waals surface area contributed by atoms with Crippen LogP contribution in [-0.2, 0) is 4.84 Å². The van der Waals surface area contributed by atoms with Crippen molar-refractivity contribution in [3.05, 3.63) is 109 Å². The van der Waals surface area contributed by atoms with E-state index in [2.05, 4.69) is 42.3 Å². The Labute approximate surface area is 189 Å². The van der Waals surface area contributed by atoms with Gasteiger partial charge in [-0.1, -0.05) is 74.3 Å². The maximum absolute atomic E-state index is 13.2. The molecule has 4 nitrogen and oxygen atoms in total. The summed E-state index contributed by atoms with van der Waals surface area (Å²) < 4.78 is 1.95. The van der Waals surface area contributed by atoms with Crippen LogP contribution in [0.25, 0.3) is 27.7 Å². The molecular weight excluding hydrogens is 508 g/mol. The van der Waals surface area contributed by atoms with Crippen molar-refractivity contribution >= 4 is 48.5 Å². The van der Waals surface area contributed by atoms with Gasteiger partial charge in [0.05, 0.1) is 11.3 Å². The summed E-state index contributed by atoms with van der Waals surface area (Å²) in [5.74, 6) is 0. The highest BCUT2D eigenvalue weighted by Gasteiger charge is 2.25. The van der Waals surface area contributed by atoms with E-state index in [1.54, 1.807) is 0 Å². The Morgan fingerprint density at radius 3 is 2.33 bits per heavy atom. The molecule has 0 unspecified atom stereocenters. The van der Waals surface area contributed by atoms with Crippen molar-refractivity contribution < 1.29 is 4.84 Å². The van der Waals surface area contributed by atoms with Gasteiger partial charge in [0, 0.05) is 25.4 Å². The van der Waals surface area contributed by atoms with Gasteiger partial charge in [0.25, 0.3) is 5.56 Å². The number of pyridine rings is 1. The van der Waals surface area contributed by atoms with E-state index in [9.17, 15) is 4.79 Å². The summed E-state index contributed by atoms with van der Waals surface area (Å²) in [4.78, 5) is 22.0. The van der Waals surface area contributed by atoms with E-state index in [4.69, 9.17) is 4.84 Å². The molecule has 1 aromatic heterocycles. The molecule has 4 aromatic rings. The molecule has 1 aliphatic heterocycles. The Morgan fingerprint density at radius 1 is 0.833 bits per heavy atom. The second kappa shape index (κ2) is 7.87. The lowest BCUT2D eigenvalue weighted by Crippen LogP contribution is -2.19. The van der Waals surface area contributed by atoms with Crippen molar-refractivity contribution in [1.29, 1.82) is 0 Å². The lowest BCUT2D eigenvalue weighted by atomic mass is 9.94. The molecule has 1 aliphatic rings. The minimum atomic E-state index is -0.283. The van der Waals surface area contributed by atoms with Crippen molar-refractivity contribution in [2.45, 2.75) is 6.10 Å². The summed E-state index contributed by atoms with van der Waals surface area (Å²) in [7, 11) is 0. The largest absolute Gasteiger partial charge is 0.321 e. The maximum atomic E-state index is 13.2. The fourth-order valence-corrected chi connectivity index (χ4v) is 4.35. The summed E-state index contributed by atoms with van der Waals surface area (Å²) in [6.45, 7) is 0. The number of nitrogens with one attached hydrogen (secondary N) is 2. The van der Waals surface area contributed by atoms with Crippen LogP contribution in [0, 0.1) is 0 Å². The first-order valence-corrected chi connectivity index (χ1v) is 11.0. The van der Waals surface area contributed by atoms with Gasteiger partial charge in [-0.15, -0.1) is 0 Å². The molecule has 0 saturated carbocycles. The smallest absolute Gasteiger partial charge is 0.258 e. The van der Waals surface area contributed by atoms with Crippen LogP contribution in [0.2, 0.25) is 0 Å². The second-order valence-electron chi connectivity index (χ2n) is 7.03. The Hall–Kier alpha value is -2.67. The Balaban J connectivity index is 1.73. The van der Waals surface area contributed by atoms with Crippen LogP contribution < -0.4 is 11.0 Å². The van der Waals surface area contributed by atoms with E-state index in [1.165, 1.54) is 0 Å². The predicted molar refractivity (Wildman–Crippen MR) is 127 cm³/mol. The molecule has 0 amide bonds.